The maximum atomic E-state index is 12.5. The van der Waals surface area contributed by atoms with Crippen molar-refractivity contribution in [3.8, 4) is 11.5 Å². The van der Waals surface area contributed by atoms with E-state index in [0.29, 0.717) is 5.75 Å². The summed E-state index contributed by atoms with van der Waals surface area (Å²) in [6.07, 6.45) is 14.7. The average Bonchev–Trinajstić information content (AvgIpc) is 2.75. The summed E-state index contributed by atoms with van der Waals surface area (Å²) >= 11 is 0. The molecule has 0 bridgehead atoms. The lowest BCUT2D eigenvalue weighted by atomic mass is 9.85. The number of allylic oxidation sites excluding steroid dienone is 6. The van der Waals surface area contributed by atoms with Crippen LogP contribution in [0.4, 0.5) is 4.39 Å². The van der Waals surface area contributed by atoms with Gasteiger partial charge >= 0.3 is 0 Å². The summed E-state index contributed by atoms with van der Waals surface area (Å²) in [6, 6.07) is 0. The Labute approximate surface area is 195 Å². The van der Waals surface area contributed by atoms with Gasteiger partial charge in [0.1, 0.15) is 23.8 Å². The lowest BCUT2D eigenvalue weighted by molar-refractivity contribution is 0.0558. The number of hydrogen-bond acceptors (Lipinski definition) is 2. The molecule has 2 nitrogen and oxygen atoms in total. The number of halogens is 1. The van der Waals surface area contributed by atoms with Crippen LogP contribution in [0.5, 0.6) is 11.5 Å². The molecule has 0 aromatic heterocycles. The van der Waals surface area contributed by atoms with Crippen molar-refractivity contribution in [1.82, 2.24) is 0 Å². The van der Waals surface area contributed by atoms with Gasteiger partial charge in [0, 0.05) is 5.56 Å². The molecule has 1 N–H and O–H groups in total. The SMILES string of the molecule is C/C(=C/CC/C(C)=C/CC/C(C)=C/CC[C@]1(C)CCc2c(C)c(O)c(C)c(C)c2O1)CF. The predicted molar refractivity (Wildman–Crippen MR) is 135 cm³/mol. The van der Waals surface area contributed by atoms with E-state index in [1.54, 1.807) is 0 Å². The normalized spacial score (nSPS) is 19.7. The fraction of sp³-hybridized carbons (Fsp3) is 0.586. The standard InChI is InChI=1S/C29H43FO2/c1-20(13-9-14-22(3)19-30)11-8-12-21(2)15-10-17-29(7)18-16-26-25(6)27(31)23(4)24(5)28(26)32-29/h11,14-15,31H,8-10,12-13,16-19H2,1-7H3/b20-11+,21-15+,22-14-/t29-/m1/s1. The van der Waals surface area contributed by atoms with E-state index in [4.69, 9.17) is 4.74 Å². The van der Waals surface area contributed by atoms with Gasteiger partial charge in [-0.25, -0.2) is 4.39 Å². The van der Waals surface area contributed by atoms with Gasteiger partial charge in [-0.2, -0.15) is 0 Å². The second-order valence-corrected chi connectivity index (χ2v) is 9.98. The van der Waals surface area contributed by atoms with Gasteiger partial charge in [-0.15, -0.1) is 0 Å². The molecule has 1 heterocycles. The van der Waals surface area contributed by atoms with Crippen molar-refractivity contribution >= 4 is 0 Å². The number of aromatic hydroxyl groups is 1. The summed E-state index contributed by atoms with van der Waals surface area (Å²) in [7, 11) is 0. The molecule has 1 aliphatic heterocycles. The summed E-state index contributed by atoms with van der Waals surface area (Å²) in [4.78, 5) is 0. The molecular weight excluding hydrogens is 399 g/mol. The molecule has 1 aromatic rings. The Hall–Kier alpha value is -2.03. The smallest absolute Gasteiger partial charge is 0.127 e. The van der Waals surface area contributed by atoms with Crippen molar-refractivity contribution in [1.29, 1.82) is 0 Å². The van der Waals surface area contributed by atoms with Crippen LogP contribution in [0.3, 0.4) is 0 Å². The highest BCUT2D eigenvalue weighted by Gasteiger charge is 2.33. The molecule has 2 rings (SSSR count). The van der Waals surface area contributed by atoms with Crippen molar-refractivity contribution in [2.24, 2.45) is 0 Å². The van der Waals surface area contributed by atoms with Crippen LogP contribution >= 0.6 is 0 Å². The minimum absolute atomic E-state index is 0.161. The van der Waals surface area contributed by atoms with Gasteiger partial charge < -0.3 is 9.84 Å². The van der Waals surface area contributed by atoms with Crippen LogP contribution in [0.2, 0.25) is 0 Å². The van der Waals surface area contributed by atoms with Gasteiger partial charge in [-0.1, -0.05) is 29.4 Å². The number of hydrogen-bond donors (Lipinski definition) is 1. The first-order valence-electron chi connectivity index (χ1n) is 12.1. The Morgan fingerprint density at radius 3 is 2.06 bits per heavy atom. The zero-order valence-electron chi connectivity index (χ0n) is 21.3. The third-order valence-electron chi connectivity index (χ3n) is 7.03. The molecule has 0 aliphatic carbocycles. The Balaban J connectivity index is 1.86. The number of rotatable bonds is 10. The lowest BCUT2D eigenvalue weighted by Crippen LogP contribution is -2.37. The second kappa shape index (κ2) is 11.7. The van der Waals surface area contributed by atoms with Crippen LogP contribution < -0.4 is 4.74 Å². The van der Waals surface area contributed by atoms with Crippen LogP contribution in [0.25, 0.3) is 0 Å². The third kappa shape index (κ3) is 6.98. The third-order valence-corrected chi connectivity index (χ3v) is 7.03. The van der Waals surface area contributed by atoms with E-state index in [1.165, 1.54) is 16.7 Å². The van der Waals surface area contributed by atoms with Crippen LogP contribution in [0.1, 0.15) is 94.9 Å². The lowest BCUT2D eigenvalue weighted by Gasteiger charge is -2.38. The molecule has 1 aromatic carbocycles. The van der Waals surface area contributed by atoms with E-state index in [1.807, 2.05) is 26.8 Å². The largest absolute Gasteiger partial charge is 0.507 e. The molecule has 0 unspecified atom stereocenters. The molecule has 3 heteroatoms. The highest BCUT2D eigenvalue weighted by Crippen LogP contribution is 2.44. The topological polar surface area (TPSA) is 29.5 Å². The summed E-state index contributed by atoms with van der Waals surface area (Å²) < 4.78 is 19.0. The van der Waals surface area contributed by atoms with Crippen molar-refractivity contribution in [3.05, 3.63) is 57.2 Å². The van der Waals surface area contributed by atoms with Crippen molar-refractivity contribution < 1.29 is 14.2 Å². The molecule has 1 aliphatic rings. The molecule has 0 saturated carbocycles. The predicted octanol–water partition coefficient (Wildman–Crippen LogP) is 8.55. The van der Waals surface area contributed by atoms with E-state index in [9.17, 15) is 9.50 Å². The number of alkyl halides is 1. The summed E-state index contributed by atoms with van der Waals surface area (Å²) in [5, 5.41) is 10.4. The molecule has 178 valence electrons. The van der Waals surface area contributed by atoms with Crippen LogP contribution in [-0.2, 0) is 6.42 Å². The Kier molecular flexibility index (Phi) is 9.61. The van der Waals surface area contributed by atoms with E-state index < -0.39 is 0 Å². The molecule has 0 radical (unpaired) electrons. The molecule has 0 fully saturated rings. The second-order valence-electron chi connectivity index (χ2n) is 9.98. The van der Waals surface area contributed by atoms with Crippen molar-refractivity contribution in [2.75, 3.05) is 6.67 Å². The molecule has 0 amide bonds. The number of phenolic OH excluding ortho intramolecular Hbond substituents is 1. The molecule has 0 spiro atoms. The van der Waals surface area contributed by atoms with Gasteiger partial charge in [-0.3, -0.25) is 0 Å². The quantitative estimate of drug-likeness (QED) is 0.368. The first-order valence-corrected chi connectivity index (χ1v) is 12.1. The van der Waals surface area contributed by atoms with Crippen LogP contribution in [0, 0.1) is 20.8 Å². The Morgan fingerprint density at radius 1 is 0.906 bits per heavy atom. The average molecular weight is 443 g/mol. The monoisotopic (exact) mass is 442 g/mol. The molecule has 32 heavy (non-hydrogen) atoms. The van der Waals surface area contributed by atoms with Crippen molar-refractivity contribution in [3.63, 3.8) is 0 Å². The van der Waals surface area contributed by atoms with Gasteiger partial charge in [0.15, 0.2) is 0 Å². The highest BCUT2D eigenvalue weighted by molar-refractivity contribution is 5.58. The number of benzene rings is 1. The highest BCUT2D eigenvalue weighted by atomic mass is 19.1. The molecule has 1 atom stereocenters. The number of phenols is 1. The Morgan fingerprint density at radius 2 is 1.47 bits per heavy atom. The van der Waals surface area contributed by atoms with E-state index in [-0.39, 0.29) is 12.3 Å². The zero-order valence-corrected chi connectivity index (χ0v) is 21.3. The molecular formula is C29H43FO2. The first-order chi connectivity index (χ1) is 15.1. The first kappa shape index (κ1) is 26.2. The zero-order chi connectivity index (χ0) is 23.9. The fourth-order valence-corrected chi connectivity index (χ4v) is 4.45. The number of fused-ring (bicyclic) bond motifs is 1. The maximum Gasteiger partial charge on any atom is 0.127 e. The summed E-state index contributed by atoms with van der Waals surface area (Å²) in [6.45, 7) is 14.1. The van der Waals surface area contributed by atoms with Gasteiger partial charge in [-0.05, 0) is 122 Å². The van der Waals surface area contributed by atoms with E-state index >= 15 is 0 Å². The fourth-order valence-electron chi connectivity index (χ4n) is 4.45. The van der Waals surface area contributed by atoms with Gasteiger partial charge in [0.25, 0.3) is 0 Å². The van der Waals surface area contributed by atoms with E-state index in [0.717, 1.165) is 79.4 Å². The summed E-state index contributed by atoms with van der Waals surface area (Å²) in [5.41, 5.74) is 7.62. The Bertz CT molecular complexity index is 891. The maximum absolute atomic E-state index is 12.5. The minimum atomic E-state index is -0.341. The van der Waals surface area contributed by atoms with Crippen molar-refractivity contribution in [2.45, 2.75) is 105 Å². The number of ether oxygens (including phenoxy) is 1. The molecule has 0 saturated heterocycles. The van der Waals surface area contributed by atoms with Crippen LogP contribution in [0.15, 0.2) is 34.9 Å². The van der Waals surface area contributed by atoms with E-state index in [2.05, 4.69) is 39.8 Å². The minimum Gasteiger partial charge on any atom is -0.507 e. The van der Waals surface area contributed by atoms with Gasteiger partial charge in [0.05, 0.1) is 0 Å². The summed E-state index contributed by atoms with van der Waals surface area (Å²) in [5.74, 6) is 1.41. The van der Waals surface area contributed by atoms with Crippen LogP contribution in [-0.4, -0.2) is 17.4 Å². The van der Waals surface area contributed by atoms with Gasteiger partial charge in [0.2, 0.25) is 0 Å².